The summed E-state index contributed by atoms with van der Waals surface area (Å²) in [6.07, 6.45) is 7.96. The molecule has 0 aliphatic heterocycles. The molecule has 0 aromatic carbocycles. The van der Waals surface area contributed by atoms with E-state index in [0.29, 0.717) is 6.04 Å². The van der Waals surface area contributed by atoms with E-state index in [1.165, 1.54) is 42.1 Å². The topological polar surface area (TPSA) is 24.9 Å². The van der Waals surface area contributed by atoms with Crippen LogP contribution in [0.25, 0.3) is 0 Å². The summed E-state index contributed by atoms with van der Waals surface area (Å²) in [5.41, 5.74) is 0. The fraction of sp³-hybridized carbons (Fsp3) is 0.786. The van der Waals surface area contributed by atoms with Crippen LogP contribution in [-0.2, 0) is 0 Å². The molecule has 3 heteroatoms. The minimum Gasteiger partial charge on any atom is -0.308 e. The first kappa shape index (κ1) is 11.7. The normalized spacial score (nSPS) is 33.2. The first-order chi connectivity index (χ1) is 8.22. The molecule has 3 rings (SSSR count). The SMILES string of the molecule is Cc1cnc(C(C)NCC2CC3CCC2C3)s1. The molecule has 1 heterocycles. The Morgan fingerprint density at radius 3 is 2.94 bits per heavy atom. The van der Waals surface area contributed by atoms with Gasteiger partial charge in [-0.15, -0.1) is 11.3 Å². The molecule has 0 amide bonds. The maximum absolute atomic E-state index is 4.46. The third-order valence-electron chi connectivity index (χ3n) is 4.58. The number of aryl methyl sites for hydroxylation is 1. The van der Waals surface area contributed by atoms with E-state index >= 15 is 0 Å². The first-order valence-corrected chi connectivity index (χ1v) is 7.69. The molecule has 0 radical (unpaired) electrons. The lowest BCUT2D eigenvalue weighted by molar-refractivity contribution is 0.309. The Labute approximate surface area is 108 Å². The molecular formula is C14H22N2S. The molecule has 17 heavy (non-hydrogen) atoms. The van der Waals surface area contributed by atoms with Gasteiger partial charge >= 0.3 is 0 Å². The van der Waals surface area contributed by atoms with E-state index in [0.717, 1.165) is 17.8 Å². The minimum absolute atomic E-state index is 0.424. The Kier molecular flexibility index (Phi) is 3.22. The van der Waals surface area contributed by atoms with Crippen LogP contribution < -0.4 is 5.32 Å². The van der Waals surface area contributed by atoms with Crippen LogP contribution in [0.5, 0.6) is 0 Å². The number of fused-ring (bicyclic) bond motifs is 2. The number of aromatic nitrogens is 1. The van der Waals surface area contributed by atoms with Crippen LogP contribution in [-0.4, -0.2) is 11.5 Å². The largest absolute Gasteiger partial charge is 0.308 e. The fourth-order valence-corrected chi connectivity index (χ4v) is 4.42. The Morgan fingerprint density at radius 1 is 1.47 bits per heavy atom. The molecule has 2 bridgehead atoms. The predicted octanol–water partition coefficient (Wildman–Crippen LogP) is 3.54. The van der Waals surface area contributed by atoms with Gasteiger partial charge in [0.2, 0.25) is 0 Å². The Bertz CT molecular complexity index is 387. The van der Waals surface area contributed by atoms with E-state index < -0.39 is 0 Å². The lowest BCUT2D eigenvalue weighted by Crippen LogP contribution is -2.28. The van der Waals surface area contributed by atoms with Gasteiger partial charge in [0.15, 0.2) is 0 Å². The van der Waals surface area contributed by atoms with E-state index in [1.54, 1.807) is 0 Å². The van der Waals surface area contributed by atoms with Crippen molar-refractivity contribution in [3.05, 3.63) is 16.1 Å². The average Bonchev–Trinajstić information content (AvgIpc) is 3.01. The molecule has 94 valence electrons. The van der Waals surface area contributed by atoms with Crippen LogP contribution in [0, 0.1) is 24.7 Å². The second kappa shape index (κ2) is 4.69. The zero-order valence-corrected chi connectivity index (χ0v) is 11.6. The van der Waals surface area contributed by atoms with Crippen molar-refractivity contribution in [2.45, 2.75) is 45.6 Å². The molecule has 1 aromatic rings. The number of nitrogens with one attached hydrogen (secondary N) is 1. The molecule has 4 atom stereocenters. The maximum atomic E-state index is 4.46. The highest BCUT2D eigenvalue weighted by molar-refractivity contribution is 7.11. The predicted molar refractivity (Wildman–Crippen MR) is 72.2 cm³/mol. The van der Waals surface area contributed by atoms with Gasteiger partial charge in [0.25, 0.3) is 0 Å². The molecule has 0 saturated heterocycles. The molecule has 4 unspecified atom stereocenters. The number of hydrogen-bond acceptors (Lipinski definition) is 3. The van der Waals surface area contributed by atoms with E-state index in [9.17, 15) is 0 Å². The van der Waals surface area contributed by atoms with Gasteiger partial charge in [0.05, 0.1) is 6.04 Å². The molecule has 1 aromatic heterocycles. The standard InChI is InChI=1S/C14H22N2S/c1-9-7-16-14(17-9)10(2)15-8-13-6-11-3-4-12(13)5-11/h7,10-13,15H,3-6,8H2,1-2H3. The van der Waals surface area contributed by atoms with Crippen LogP contribution >= 0.6 is 11.3 Å². The Morgan fingerprint density at radius 2 is 2.35 bits per heavy atom. The van der Waals surface area contributed by atoms with Crippen LogP contribution in [0.2, 0.25) is 0 Å². The van der Waals surface area contributed by atoms with Crippen LogP contribution in [0.1, 0.15) is 48.5 Å². The summed E-state index contributed by atoms with van der Waals surface area (Å²) >= 11 is 1.82. The number of hydrogen-bond donors (Lipinski definition) is 1. The molecule has 2 fully saturated rings. The lowest BCUT2D eigenvalue weighted by atomic mass is 9.89. The monoisotopic (exact) mass is 250 g/mol. The van der Waals surface area contributed by atoms with Gasteiger partial charge in [-0.25, -0.2) is 4.98 Å². The molecule has 2 aliphatic carbocycles. The highest BCUT2D eigenvalue weighted by Crippen LogP contribution is 2.48. The molecule has 2 nitrogen and oxygen atoms in total. The van der Waals surface area contributed by atoms with Gasteiger partial charge in [-0.2, -0.15) is 0 Å². The minimum atomic E-state index is 0.424. The van der Waals surface area contributed by atoms with E-state index in [4.69, 9.17) is 0 Å². The van der Waals surface area contributed by atoms with E-state index in [2.05, 4.69) is 24.1 Å². The summed E-state index contributed by atoms with van der Waals surface area (Å²) in [5.74, 6) is 3.03. The van der Waals surface area contributed by atoms with Crippen LogP contribution in [0.3, 0.4) is 0 Å². The van der Waals surface area contributed by atoms with Gasteiger partial charge in [-0.1, -0.05) is 6.42 Å². The van der Waals surface area contributed by atoms with E-state index in [-0.39, 0.29) is 0 Å². The fourth-order valence-electron chi connectivity index (χ4n) is 3.61. The summed E-state index contributed by atoms with van der Waals surface area (Å²) in [6, 6.07) is 0.424. The summed E-state index contributed by atoms with van der Waals surface area (Å²) in [4.78, 5) is 5.78. The first-order valence-electron chi connectivity index (χ1n) is 6.88. The van der Waals surface area contributed by atoms with Crippen molar-refractivity contribution in [2.75, 3.05) is 6.54 Å². The highest BCUT2D eigenvalue weighted by atomic mass is 32.1. The molecule has 2 saturated carbocycles. The summed E-state index contributed by atoms with van der Waals surface area (Å²) < 4.78 is 0. The zero-order chi connectivity index (χ0) is 11.8. The zero-order valence-electron chi connectivity index (χ0n) is 10.8. The van der Waals surface area contributed by atoms with Crippen LogP contribution in [0.15, 0.2) is 6.20 Å². The number of rotatable bonds is 4. The van der Waals surface area contributed by atoms with E-state index in [1.807, 2.05) is 17.5 Å². The summed E-state index contributed by atoms with van der Waals surface area (Å²) in [7, 11) is 0. The van der Waals surface area contributed by atoms with Gasteiger partial charge < -0.3 is 5.32 Å². The number of nitrogens with zero attached hydrogens (tertiary/aromatic N) is 1. The third kappa shape index (κ3) is 2.41. The second-order valence-electron chi connectivity index (χ2n) is 5.87. The molecular weight excluding hydrogens is 228 g/mol. The van der Waals surface area contributed by atoms with Crippen molar-refractivity contribution >= 4 is 11.3 Å². The smallest absolute Gasteiger partial charge is 0.109 e. The van der Waals surface area contributed by atoms with Crippen molar-refractivity contribution in [2.24, 2.45) is 17.8 Å². The summed E-state index contributed by atoms with van der Waals surface area (Å²) in [5, 5.41) is 4.93. The third-order valence-corrected chi connectivity index (χ3v) is 5.68. The number of thiazole rings is 1. The van der Waals surface area contributed by atoms with Crippen molar-refractivity contribution in [1.82, 2.24) is 10.3 Å². The summed E-state index contributed by atoms with van der Waals surface area (Å²) in [6.45, 7) is 5.57. The Hall–Kier alpha value is -0.410. The second-order valence-corrected chi connectivity index (χ2v) is 7.14. The Balaban J connectivity index is 1.51. The quantitative estimate of drug-likeness (QED) is 0.884. The van der Waals surface area contributed by atoms with Crippen molar-refractivity contribution < 1.29 is 0 Å². The lowest BCUT2D eigenvalue weighted by Gasteiger charge is -2.23. The maximum Gasteiger partial charge on any atom is 0.109 e. The van der Waals surface area contributed by atoms with Crippen molar-refractivity contribution in [1.29, 1.82) is 0 Å². The van der Waals surface area contributed by atoms with Gasteiger partial charge in [-0.05, 0) is 57.4 Å². The van der Waals surface area contributed by atoms with Crippen LogP contribution in [0.4, 0.5) is 0 Å². The van der Waals surface area contributed by atoms with Gasteiger partial charge in [0.1, 0.15) is 5.01 Å². The van der Waals surface area contributed by atoms with Gasteiger partial charge in [-0.3, -0.25) is 0 Å². The average molecular weight is 250 g/mol. The van der Waals surface area contributed by atoms with Gasteiger partial charge in [0, 0.05) is 11.1 Å². The molecule has 0 spiro atoms. The highest BCUT2D eigenvalue weighted by Gasteiger charge is 2.39. The van der Waals surface area contributed by atoms with Crippen molar-refractivity contribution in [3.63, 3.8) is 0 Å². The molecule has 2 aliphatic rings. The van der Waals surface area contributed by atoms with Crippen molar-refractivity contribution in [3.8, 4) is 0 Å². The molecule has 1 N–H and O–H groups in total.